The van der Waals surface area contributed by atoms with Crippen molar-refractivity contribution in [3.05, 3.63) is 39.9 Å². The fraction of sp³-hybridized carbons (Fsp3) is 0.438. The van der Waals surface area contributed by atoms with Crippen LogP contribution in [-0.4, -0.2) is 58.4 Å². The molecule has 2 aromatic heterocycles. The Morgan fingerprint density at radius 2 is 2.04 bits per heavy atom. The smallest absolute Gasteiger partial charge is 0.395 e. The normalized spacial score (nSPS) is 14.4. The first-order chi connectivity index (χ1) is 12.5. The first kappa shape index (κ1) is 17.6. The Balaban J connectivity index is 1.65. The lowest BCUT2D eigenvalue weighted by Gasteiger charge is -2.35. The van der Waals surface area contributed by atoms with Gasteiger partial charge in [0.1, 0.15) is 22.4 Å². The van der Waals surface area contributed by atoms with Crippen molar-refractivity contribution in [2.24, 2.45) is 0 Å². The fourth-order valence-corrected chi connectivity index (χ4v) is 2.82. The summed E-state index contributed by atoms with van der Waals surface area (Å²) in [6.45, 7) is 6.79. The van der Waals surface area contributed by atoms with E-state index in [0.29, 0.717) is 32.0 Å². The summed E-state index contributed by atoms with van der Waals surface area (Å²) in [6, 6.07) is 4.42. The molecule has 26 heavy (non-hydrogen) atoms. The molecule has 138 valence electrons. The molecule has 10 nitrogen and oxygen atoms in total. The van der Waals surface area contributed by atoms with Gasteiger partial charge in [-0.2, -0.15) is 0 Å². The molecule has 3 heterocycles. The zero-order valence-corrected chi connectivity index (χ0v) is 14.6. The predicted octanol–water partition coefficient (Wildman–Crippen LogP) is 1.68. The Morgan fingerprint density at radius 3 is 2.65 bits per heavy atom. The number of piperazine rings is 1. The predicted molar refractivity (Wildman–Crippen MR) is 94.4 cm³/mol. The maximum absolute atomic E-state index is 12.4. The molecular formula is C16H20N6O4. The highest BCUT2D eigenvalue weighted by Gasteiger charge is 2.26. The molecule has 1 amide bonds. The first-order valence-electron chi connectivity index (χ1n) is 8.36. The third-order valence-corrected chi connectivity index (χ3v) is 4.06. The Morgan fingerprint density at radius 1 is 1.31 bits per heavy atom. The first-order valence-corrected chi connectivity index (χ1v) is 8.36. The average molecular weight is 360 g/mol. The van der Waals surface area contributed by atoms with E-state index in [1.54, 1.807) is 4.90 Å². The summed E-state index contributed by atoms with van der Waals surface area (Å²) in [4.78, 5) is 35.0. The van der Waals surface area contributed by atoms with E-state index in [1.807, 2.05) is 19.9 Å². The number of hydrogen-bond acceptors (Lipinski definition) is 8. The molecule has 0 bridgehead atoms. The number of aryl methyl sites for hydroxylation is 1. The van der Waals surface area contributed by atoms with Crippen LogP contribution in [0.2, 0.25) is 0 Å². The van der Waals surface area contributed by atoms with Crippen molar-refractivity contribution < 1.29 is 14.1 Å². The van der Waals surface area contributed by atoms with E-state index in [2.05, 4.69) is 20.2 Å². The van der Waals surface area contributed by atoms with Gasteiger partial charge in [0.25, 0.3) is 5.91 Å². The zero-order valence-electron chi connectivity index (χ0n) is 14.6. The second-order valence-electron chi connectivity index (χ2n) is 5.86. The third kappa shape index (κ3) is 3.73. The molecule has 0 atom stereocenters. The van der Waals surface area contributed by atoms with E-state index in [4.69, 9.17) is 4.42 Å². The number of aromatic nitrogens is 2. The summed E-state index contributed by atoms with van der Waals surface area (Å²) in [6.07, 6.45) is 0. The third-order valence-electron chi connectivity index (χ3n) is 4.06. The molecule has 1 N–H and O–H groups in total. The van der Waals surface area contributed by atoms with Crippen LogP contribution in [0.15, 0.2) is 22.6 Å². The maximum Gasteiger partial charge on any atom is 0.433 e. The highest BCUT2D eigenvalue weighted by atomic mass is 16.6. The Kier molecular flexibility index (Phi) is 5.01. The van der Waals surface area contributed by atoms with Crippen molar-refractivity contribution in [3.8, 4) is 0 Å². The molecule has 0 unspecified atom stereocenters. The highest BCUT2D eigenvalue weighted by Crippen LogP contribution is 2.20. The molecular weight excluding hydrogens is 340 g/mol. The second-order valence-corrected chi connectivity index (χ2v) is 5.86. The number of nitrogens with one attached hydrogen (secondary N) is 1. The summed E-state index contributed by atoms with van der Waals surface area (Å²) >= 11 is 0. The van der Waals surface area contributed by atoms with Gasteiger partial charge < -0.3 is 19.5 Å². The molecule has 1 aliphatic rings. The summed E-state index contributed by atoms with van der Waals surface area (Å²) in [5, 5.41) is 13.9. The van der Waals surface area contributed by atoms with Gasteiger partial charge in [0, 0.05) is 38.8 Å². The summed E-state index contributed by atoms with van der Waals surface area (Å²) < 4.78 is 5.00. The maximum atomic E-state index is 12.4. The number of nitrogens with zero attached hydrogens (tertiary/aromatic N) is 5. The minimum absolute atomic E-state index is 0.0162. The molecule has 1 fully saturated rings. The SMILES string of the molecule is CCNc1cc(N2CCN(C(=O)c3ccc([N+](=O)[O-])o3)CC2)nc(C)n1. The molecule has 1 aliphatic heterocycles. The van der Waals surface area contributed by atoms with Gasteiger partial charge in [-0.1, -0.05) is 0 Å². The van der Waals surface area contributed by atoms with Crippen LogP contribution in [-0.2, 0) is 0 Å². The van der Waals surface area contributed by atoms with Crippen molar-refractivity contribution in [1.29, 1.82) is 0 Å². The number of carbonyl (C=O) groups excluding carboxylic acids is 1. The van der Waals surface area contributed by atoms with Gasteiger partial charge in [-0.05, 0) is 19.9 Å². The number of amides is 1. The number of rotatable bonds is 5. The minimum Gasteiger partial charge on any atom is -0.395 e. The second kappa shape index (κ2) is 7.38. The lowest BCUT2D eigenvalue weighted by molar-refractivity contribution is -0.402. The Bertz CT molecular complexity index is 813. The Hall–Kier alpha value is -3.17. The van der Waals surface area contributed by atoms with Gasteiger partial charge >= 0.3 is 5.88 Å². The molecule has 2 aromatic rings. The molecule has 0 aliphatic carbocycles. The van der Waals surface area contributed by atoms with E-state index in [-0.39, 0.29) is 11.7 Å². The summed E-state index contributed by atoms with van der Waals surface area (Å²) in [5.74, 6) is 1.48. The number of hydrogen-bond donors (Lipinski definition) is 1. The number of carbonyl (C=O) groups is 1. The monoisotopic (exact) mass is 360 g/mol. The van der Waals surface area contributed by atoms with Gasteiger partial charge in [-0.3, -0.25) is 14.9 Å². The van der Waals surface area contributed by atoms with E-state index in [9.17, 15) is 14.9 Å². The van der Waals surface area contributed by atoms with Gasteiger partial charge in [-0.25, -0.2) is 9.97 Å². The van der Waals surface area contributed by atoms with E-state index < -0.39 is 10.8 Å². The quantitative estimate of drug-likeness (QED) is 0.632. The molecule has 0 spiro atoms. The van der Waals surface area contributed by atoms with Crippen LogP contribution in [0, 0.1) is 17.0 Å². The molecule has 3 rings (SSSR count). The Labute approximate surface area is 150 Å². The van der Waals surface area contributed by atoms with Crippen LogP contribution in [0.3, 0.4) is 0 Å². The van der Waals surface area contributed by atoms with Crippen LogP contribution in [0.25, 0.3) is 0 Å². The molecule has 0 aromatic carbocycles. The zero-order chi connectivity index (χ0) is 18.7. The molecule has 1 saturated heterocycles. The van der Waals surface area contributed by atoms with Crippen molar-refractivity contribution in [3.63, 3.8) is 0 Å². The van der Waals surface area contributed by atoms with Gasteiger partial charge in [0.05, 0.1) is 6.07 Å². The number of anilines is 2. The van der Waals surface area contributed by atoms with E-state index in [1.165, 1.54) is 12.1 Å². The van der Waals surface area contributed by atoms with E-state index >= 15 is 0 Å². The van der Waals surface area contributed by atoms with Crippen molar-refractivity contribution >= 4 is 23.4 Å². The molecule has 0 radical (unpaired) electrons. The van der Waals surface area contributed by atoms with Crippen LogP contribution in [0.1, 0.15) is 23.3 Å². The number of furan rings is 1. The van der Waals surface area contributed by atoms with Crippen LogP contribution < -0.4 is 10.2 Å². The van der Waals surface area contributed by atoms with Crippen LogP contribution in [0.4, 0.5) is 17.5 Å². The topological polar surface area (TPSA) is 118 Å². The van der Waals surface area contributed by atoms with Crippen molar-refractivity contribution in [1.82, 2.24) is 14.9 Å². The van der Waals surface area contributed by atoms with Gasteiger partial charge in [-0.15, -0.1) is 0 Å². The largest absolute Gasteiger partial charge is 0.433 e. The fourth-order valence-electron chi connectivity index (χ4n) is 2.82. The molecule has 10 heteroatoms. The minimum atomic E-state index is -0.659. The van der Waals surface area contributed by atoms with E-state index in [0.717, 1.165) is 18.2 Å². The van der Waals surface area contributed by atoms with Crippen molar-refractivity contribution in [2.45, 2.75) is 13.8 Å². The average Bonchev–Trinajstić information content (AvgIpc) is 3.11. The number of nitro groups is 1. The van der Waals surface area contributed by atoms with Gasteiger partial charge in [0.15, 0.2) is 5.76 Å². The summed E-state index contributed by atoms with van der Waals surface area (Å²) in [7, 11) is 0. The highest BCUT2D eigenvalue weighted by molar-refractivity contribution is 5.92. The lowest BCUT2D eigenvalue weighted by atomic mass is 10.2. The van der Waals surface area contributed by atoms with Crippen LogP contribution in [0.5, 0.6) is 0 Å². The van der Waals surface area contributed by atoms with Crippen molar-refractivity contribution in [2.75, 3.05) is 42.9 Å². The molecule has 0 saturated carbocycles. The summed E-state index contributed by atoms with van der Waals surface area (Å²) in [5.41, 5.74) is 0. The van der Waals surface area contributed by atoms with Crippen LogP contribution >= 0.6 is 0 Å². The van der Waals surface area contributed by atoms with Gasteiger partial charge in [0.2, 0.25) is 0 Å². The lowest BCUT2D eigenvalue weighted by Crippen LogP contribution is -2.49. The standard InChI is InChI=1S/C16H20N6O4/c1-3-17-13-10-14(19-11(2)18-13)20-6-8-21(9-7-20)16(23)12-4-5-15(26-12)22(24)25/h4-5,10H,3,6-9H2,1-2H3,(H,17,18,19).